The van der Waals surface area contributed by atoms with Crippen LogP contribution in [0.2, 0.25) is 0 Å². The lowest BCUT2D eigenvalue weighted by atomic mass is 9.76. The molecule has 1 aromatic rings. The minimum atomic E-state index is 0. The number of halogens is 1. The van der Waals surface area contributed by atoms with Crippen LogP contribution < -0.4 is 5.73 Å². The highest BCUT2D eigenvalue weighted by Crippen LogP contribution is 2.35. The topological polar surface area (TPSA) is 26.0 Å². The lowest BCUT2D eigenvalue weighted by molar-refractivity contribution is 0.351. The molecule has 13 heavy (non-hydrogen) atoms. The quantitative estimate of drug-likeness (QED) is 0.736. The number of aryl methyl sites for hydroxylation is 1. The van der Waals surface area contributed by atoms with Gasteiger partial charge in [-0.05, 0) is 31.2 Å². The molecular formula is C11H16ClN. The number of nitrogens with two attached hydrogens (primary N) is 1. The Morgan fingerprint density at radius 1 is 1.15 bits per heavy atom. The van der Waals surface area contributed by atoms with Gasteiger partial charge in [-0.15, -0.1) is 12.4 Å². The lowest BCUT2D eigenvalue weighted by Gasteiger charge is -2.32. The predicted octanol–water partition coefficient (Wildman–Crippen LogP) is 2.62. The second-order valence-electron chi connectivity index (χ2n) is 3.84. The number of hydrogen-bond acceptors (Lipinski definition) is 1. The van der Waals surface area contributed by atoms with Crippen LogP contribution in [-0.2, 0) is 0 Å². The van der Waals surface area contributed by atoms with Crippen molar-refractivity contribution in [3.05, 3.63) is 35.4 Å². The Balaban J connectivity index is 0.000000845. The van der Waals surface area contributed by atoms with Crippen LogP contribution in [0.25, 0.3) is 0 Å². The van der Waals surface area contributed by atoms with E-state index in [1.807, 2.05) is 0 Å². The van der Waals surface area contributed by atoms with Gasteiger partial charge in [-0.3, -0.25) is 0 Å². The van der Waals surface area contributed by atoms with E-state index in [1.165, 1.54) is 24.0 Å². The van der Waals surface area contributed by atoms with E-state index in [4.69, 9.17) is 5.73 Å². The van der Waals surface area contributed by atoms with Crippen LogP contribution in [0.4, 0.5) is 0 Å². The third-order valence-electron chi connectivity index (χ3n) is 2.72. The SMILES string of the molecule is Cc1ccc(C2CC(N)C2)cc1.Cl. The summed E-state index contributed by atoms with van der Waals surface area (Å²) in [7, 11) is 0. The zero-order chi connectivity index (χ0) is 8.55. The van der Waals surface area contributed by atoms with E-state index in [9.17, 15) is 0 Å². The molecule has 1 saturated carbocycles. The first-order chi connectivity index (χ1) is 5.75. The highest BCUT2D eigenvalue weighted by Gasteiger charge is 2.26. The first-order valence-corrected chi connectivity index (χ1v) is 4.58. The Morgan fingerprint density at radius 2 is 1.69 bits per heavy atom. The molecule has 0 unspecified atom stereocenters. The molecule has 0 aromatic heterocycles. The Hall–Kier alpha value is -0.530. The molecule has 2 rings (SSSR count). The Morgan fingerprint density at radius 3 is 2.15 bits per heavy atom. The van der Waals surface area contributed by atoms with Crippen molar-refractivity contribution >= 4 is 12.4 Å². The molecule has 1 nitrogen and oxygen atoms in total. The van der Waals surface area contributed by atoms with Gasteiger partial charge in [-0.2, -0.15) is 0 Å². The fourth-order valence-electron chi connectivity index (χ4n) is 1.77. The molecule has 0 bridgehead atoms. The van der Waals surface area contributed by atoms with E-state index in [-0.39, 0.29) is 12.4 Å². The Bertz CT molecular complexity index is 262. The van der Waals surface area contributed by atoms with Gasteiger partial charge in [0.25, 0.3) is 0 Å². The highest BCUT2D eigenvalue weighted by atomic mass is 35.5. The molecular weight excluding hydrogens is 182 g/mol. The van der Waals surface area contributed by atoms with Crippen molar-refractivity contribution in [3.8, 4) is 0 Å². The van der Waals surface area contributed by atoms with Gasteiger partial charge in [0.1, 0.15) is 0 Å². The molecule has 0 aliphatic heterocycles. The van der Waals surface area contributed by atoms with Crippen molar-refractivity contribution in [2.24, 2.45) is 5.73 Å². The second-order valence-corrected chi connectivity index (χ2v) is 3.84. The molecule has 2 heteroatoms. The number of rotatable bonds is 1. The molecule has 0 amide bonds. The maximum atomic E-state index is 5.74. The molecule has 1 aromatic carbocycles. The minimum absolute atomic E-state index is 0. The summed E-state index contributed by atoms with van der Waals surface area (Å²) in [6.07, 6.45) is 2.34. The largest absolute Gasteiger partial charge is 0.328 e. The standard InChI is InChI=1S/C11H15N.ClH/c1-8-2-4-9(5-3-8)10-6-11(12)7-10;/h2-5,10-11H,6-7,12H2,1H3;1H. The molecule has 0 saturated heterocycles. The van der Waals surface area contributed by atoms with E-state index in [0.29, 0.717) is 6.04 Å². The fraction of sp³-hybridized carbons (Fsp3) is 0.455. The molecule has 0 spiro atoms. The molecule has 0 atom stereocenters. The number of benzene rings is 1. The highest BCUT2D eigenvalue weighted by molar-refractivity contribution is 5.85. The summed E-state index contributed by atoms with van der Waals surface area (Å²) >= 11 is 0. The van der Waals surface area contributed by atoms with Gasteiger partial charge in [-0.1, -0.05) is 29.8 Å². The molecule has 72 valence electrons. The second kappa shape index (κ2) is 4.12. The van der Waals surface area contributed by atoms with Crippen molar-refractivity contribution in [3.63, 3.8) is 0 Å². The van der Waals surface area contributed by atoms with Gasteiger partial charge in [-0.25, -0.2) is 0 Å². The maximum absolute atomic E-state index is 5.74. The molecule has 0 radical (unpaired) electrons. The van der Waals surface area contributed by atoms with Crippen molar-refractivity contribution in [2.45, 2.75) is 31.7 Å². The molecule has 2 N–H and O–H groups in total. The van der Waals surface area contributed by atoms with Crippen LogP contribution in [0.15, 0.2) is 24.3 Å². The van der Waals surface area contributed by atoms with Crippen LogP contribution in [0.1, 0.15) is 29.9 Å². The summed E-state index contributed by atoms with van der Waals surface area (Å²) < 4.78 is 0. The van der Waals surface area contributed by atoms with Gasteiger partial charge < -0.3 is 5.73 Å². The van der Waals surface area contributed by atoms with Crippen molar-refractivity contribution in [2.75, 3.05) is 0 Å². The van der Waals surface area contributed by atoms with E-state index in [1.54, 1.807) is 0 Å². The van der Waals surface area contributed by atoms with Gasteiger partial charge in [0.2, 0.25) is 0 Å². The van der Waals surface area contributed by atoms with E-state index in [0.717, 1.165) is 5.92 Å². The van der Waals surface area contributed by atoms with Crippen LogP contribution in [0.5, 0.6) is 0 Å². The van der Waals surface area contributed by atoms with Crippen LogP contribution in [0.3, 0.4) is 0 Å². The number of hydrogen-bond donors (Lipinski definition) is 1. The Labute approximate surface area is 85.7 Å². The summed E-state index contributed by atoms with van der Waals surface area (Å²) in [5.41, 5.74) is 8.53. The van der Waals surface area contributed by atoms with Crippen LogP contribution >= 0.6 is 12.4 Å². The van der Waals surface area contributed by atoms with E-state index >= 15 is 0 Å². The molecule has 1 aliphatic carbocycles. The summed E-state index contributed by atoms with van der Waals surface area (Å²) in [5.74, 6) is 0.737. The third kappa shape index (κ3) is 2.23. The van der Waals surface area contributed by atoms with E-state index in [2.05, 4.69) is 31.2 Å². The van der Waals surface area contributed by atoms with Crippen LogP contribution in [0, 0.1) is 6.92 Å². The summed E-state index contributed by atoms with van der Waals surface area (Å²) in [6, 6.07) is 9.27. The van der Waals surface area contributed by atoms with Crippen molar-refractivity contribution in [1.29, 1.82) is 0 Å². The first-order valence-electron chi connectivity index (χ1n) is 4.58. The summed E-state index contributed by atoms with van der Waals surface area (Å²) in [5, 5.41) is 0. The minimum Gasteiger partial charge on any atom is -0.328 e. The van der Waals surface area contributed by atoms with Gasteiger partial charge in [0, 0.05) is 6.04 Å². The monoisotopic (exact) mass is 197 g/mol. The zero-order valence-electron chi connectivity index (χ0n) is 7.86. The summed E-state index contributed by atoms with van der Waals surface area (Å²) in [6.45, 7) is 2.12. The maximum Gasteiger partial charge on any atom is 0.00504 e. The lowest BCUT2D eigenvalue weighted by Crippen LogP contribution is -2.34. The summed E-state index contributed by atoms with van der Waals surface area (Å²) in [4.78, 5) is 0. The van der Waals surface area contributed by atoms with Gasteiger partial charge in [0.15, 0.2) is 0 Å². The smallest absolute Gasteiger partial charge is 0.00504 e. The van der Waals surface area contributed by atoms with Crippen molar-refractivity contribution in [1.82, 2.24) is 0 Å². The van der Waals surface area contributed by atoms with Crippen molar-refractivity contribution < 1.29 is 0 Å². The Kier molecular flexibility index (Phi) is 3.34. The molecule has 1 aliphatic rings. The van der Waals surface area contributed by atoms with E-state index < -0.39 is 0 Å². The van der Waals surface area contributed by atoms with Gasteiger partial charge in [0.05, 0.1) is 0 Å². The normalized spacial score (nSPS) is 26.0. The van der Waals surface area contributed by atoms with Gasteiger partial charge >= 0.3 is 0 Å². The molecule has 1 fully saturated rings. The fourth-order valence-corrected chi connectivity index (χ4v) is 1.77. The predicted molar refractivity (Wildman–Crippen MR) is 58.4 cm³/mol. The first kappa shape index (κ1) is 10.6. The third-order valence-corrected chi connectivity index (χ3v) is 2.72. The zero-order valence-corrected chi connectivity index (χ0v) is 8.68. The van der Waals surface area contributed by atoms with Crippen LogP contribution in [-0.4, -0.2) is 6.04 Å². The average molecular weight is 198 g/mol. The average Bonchev–Trinajstić information content (AvgIpc) is 2.01. The molecule has 0 heterocycles.